The molecule has 10 nitrogen and oxygen atoms in total. The van der Waals surface area contributed by atoms with Crippen molar-refractivity contribution < 1.29 is 38.0 Å². The number of pyridine rings is 1. The van der Waals surface area contributed by atoms with E-state index in [1.165, 1.54) is 30.5 Å². The number of fused-ring (bicyclic) bond motifs is 3. The van der Waals surface area contributed by atoms with Crippen LogP contribution in [0.5, 0.6) is 11.8 Å². The molecule has 0 saturated carbocycles. The van der Waals surface area contributed by atoms with Crippen LogP contribution in [0.4, 0.5) is 19.0 Å². The number of aromatic nitrogens is 3. The maximum Gasteiger partial charge on any atom is 0.319 e. The number of hydrogen-bond donors (Lipinski definition) is 3. The Bertz CT molecular complexity index is 1920. The predicted octanol–water partition coefficient (Wildman–Crippen LogP) is 4.81. The van der Waals surface area contributed by atoms with E-state index in [1.54, 1.807) is 18.7 Å². The summed E-state index contributed by atoms with van der Waals surface area (Å²) in [5, 5.41) is 32.8. The van der Waals surface area contributed by atoms with Crippen LogP contribution in [0.25, 0.3) is 32.9 Å². The van der Waals surface area contributed by atoms with Crippen LogP contribution in [-0.2, 0) is 11.2 Å². The summed E-state index contributed by atoms with van der Waals surface area (Å²) in [5.41, 5.74) is -0.814. The Kier molecular flexibility index (Phi) is 8.43. The summed E-state index contributed by atoms with van der Waals surface area (Å²) < 4.78 is 57.4. The Hall–Kier alpha value is -4.04. The average molecular weight is 666 g/mol. The highest BCUT2D eigenvalue weighted by Gasteiger charge is 2.47. The normalized spacial score (nSPS) is 25.7. The van der Waals surface area contributed by atoms with E-state index in [1.807, 2.05) is 0 Å². The molecule has 3 aliphatic heterocycles. The smallest absolute Gasteiger partial charge is 0.319 e. The zero-order valence-electron chi connectivity index (χ0n) is 26.8. The highest BCUT2D eigenvalue weighted by atomic mass is 19.1. The summed E-state index contributed by atoms with van der Waals surface area (Å²) in [6.45, 7) is 4.65. The number of anilines is 1. The van der Waals surface area contributed by atoms with Crippen LogP contribution in [-0.4, -0.2) is 98.4 Å². The van der Waals surface area contributed by atoms with Gasteiger partial charge in [0.15, 0.2) is 5.82 Å². The van der Waals surface area contributed by atoms with Crippen molar-refractivity contribution in [2.45, 2.75) is 56.8 Å². The van der Waals surface area contributed by atoms with Gasteiger partial charge in [-0.25, -0.2) is 13.2 Å². The van der Waals surface area contributed by atoms with Crippen molar-refractivity contribution in [2.75, 3.05) is 50.9 Å². The number of benzene rings is 2. The SMILES string of the molecule is CCc1c(F)ccc2cc(O)cc(-c3ncc4c(N5CC(CO)OCC(C)(O)C5)nc(OCC56CCCN5C/C(=C\F)C6)nc4c3F)c12. The molecule has 3 unspecified atom stereocenters. The van der Waals surface area contributed by atoms with Gasteiger partial charge in [0.1, 0.15) is 40.8 Å². The summed E-state index contributed by atoms with van der Waals surface area (Å²) in [5.74, 6) is -1.21. The van der Waals surface area contributed by atoms with Crippen molar-refractivity contribution in [3.8, 4) is 23.0 Å². The summed E-state index contributed by atoms with van der Waals surface area (Å²) >= 11 is 0. The number of phenolic OH excluding ortho intramolecular Hbond substituents is 1. The molecule has 48 heavy (non-hydrogen) atoms. The fraction of sp³-hybridized carbons (Fsp3) is 0.457. The van der Waals surface area contributed by atoms with Crippen molar-refractivity contribution in [3.05, 3.63) is 59.6 Å². The van der Waals surface area contributed by atoms with Crippen molar-refractivity contribution in [1.82, 2.24) is 19.9 Å². The Morgan fingerprint density at radius 1 is 1.21 bits per heavy atom. The van der Waals surface area contributed by atoms with E-state index in [4.69, 9.17) is 14.5 Å². The Morgan fingerprint density at radius 3 is 2.81 bits per heavy atom. The van der Waals surface area contributed by atoms with E-state index in [0.29, 0.717) is 47.6 Å². The molecule has 0 aliphatic carbocycles. The number of phenols is 1. The van der Waals surface area contributed by atoms with Gasteiger partial charge in [0.05, 0.1) is 43.1 Å². The first-order chi connectivity index (χ1) is 23.0. The monoisotopic (exact) mass is 665 g/mol. The van der Waals surface area contributed by atoms with Crippen LogP contribution < -0.4 is 9.64 Å². The van der Waals surface area contributed by atoms with Crippen molar-refractivity contribution in [3.63, 3.8) is 0 Å². The van der Waals surface area contributed by atoms with Gasteiger partial charge in [-0.15, -0.1) is 0 Å². The molecule has 7 rings (SSSR count). The molecule has 3 fully saturated rings. The molecule has 2 aromatic heterocycles. The van der Waals surface area contributed by atoms with Gasteiger partial charge in [0.25, 0.3) is 0 Å². The summed E-state index contributed by atoms with van der Waals surface area (Å²) in [7, 11) is 0. The first-order valence-electron chi connectivity index (χ1n) is 16.2. The molecule has 254 valence electrons. The van der Waals surface area contributed by atoms with E-state index >= 15 is 4.39 Å². The number of aromatic hydroxyl groups is 1. The van der Waals surface area contributed by atoms with Crippen molar-refractivity contribution in [1.29, 1.82) is 0 Å². The second kappa shape index (κ2) is 12.4. The minimum absolute atomic E-state index is 0.0388. The molecule has 0 bridgehead atoms. The maximum atomic E-state index is 16.9. The van der Waals surface area contributed by atoms with E-state index in [2.05, 4.69) is 14.9 Å². The number of rotatable bonds is 7. The van der Waals surface area contributed by atoms with E-state index < -0.39 is 28.9 Å². The third-order valence-electron chi connectivity index (χ3n) is 9.81. The summed E-state index contributed by atoms with van der Waals surface area (Å²) in [6, 6.07) is 5.57. The highest BCUT2D eigenvalue weighted by Crippen LogP contribution is 2.43. The molecule has 2 aromatic carbocycles. The lowest BCUT2D eigenvalue weighted by Gasteiger charge is -2.31. The number of aliphatic hydroxyl groups excluding tert-OH is 1. The minimum Gasteiger partial charge on any atom is -0.508 e. The Balaban J connectivity index is 1.39. The summed E-state index contributed by atoms with van der Waals surface area (Å²) in [6.07, 6.45) is 3.94. The van der Waals surface area contributed by atoms with E-state index in [-0.39, 0.29) is 72.6 Å². The molecule has 3 N–H and O–H groups in total. The Labute approximate surface area is 275 Å². The van der Waals surface area contributed by atoms with Gasteiger partial charge in [0, 0.05) is 24.8 Å². The highest BCUT2D eigenvalue weighted by molar-refractivity contribution is 6.01. The summed E-state index contributed by atoms with van der Waals surface area (Å²) in [4.78, 5) is 17.6. The van der Waals surface area contributed by atoms with Crippen LogP contribution in [0.3, 0.4) is 0 Å². The molecular weight excluding hydrogens is 627 g/mol. The number of ether oxygens (including phenoxy) is 2. The number of aryl methyl sites for hydroxylation is 1. The zero-order chi connectivity index (χ0) is 33.8. The molecule has 3 saturated heterocycles. The maximum absolute atomic E-state index is 16.9. The third-order valence-corrected chi connectivity index (χ3v) is 9.81. The van der Waals surface area contributed by atoms with Crippen LogP contribution in [0, 0.1) is 11.6 Å². The number of aliphatic hydroxyl groups is 2. The van der Waals surface area contributed by atoms with Gasteiger partial charge in [-0.2, -0.15) is 9.97 Å². The van der Waals surface area contributed by atoms with Gasteiger partial charge < -0.3 is 29.7 Å². The fourth-order valence-electron chi connectivity index (χ4n) is 7.59. The minimum atomic E-state index is -1.34. The Morgan fingerprint density at radius 2 is 2.04 bits per heavy atom. The van der Waals surface area contributed by atoms with E-state index in [0.717, 1.165) is 19.4 Å². The van der Waals surface area contributed by atoms with Crippen LogP contribution in [0.15, 0.2) is 42.4 Å². The second-order valence-corrected chi connectivity index (χ2v) is 13.5. The number of β-amino-alcohol motifs (C(OH)–C–C–N with tert-alkyl or cyclic N) is 1. The molecule has 0 spiro atoms. The molecule has 5 heterocycles. The van der Waals surface area contributed by atoms with Crippen molar-refractivity contribution in [2.24, 2.45) is 0 Å². The topological polar surface area (TPSA) is 124 Å². The van der Waals surface area contributed by atoms with Gasteiger partial charge in [0.2, 0.25) is 0 Å². The molecule has 0 amide bonds. The second-order valence-electron chi connectivity index (χ2n) is 13.5. The molecule has 3 aliphatic rings. The van der Waals surface area contributed by atoms with E-state index in [9.17, 15) is 24.1 Å². The fourth-order valence-corrected chi connectivity index (χ4v) is 7.59. The lowest BCUT2D eigenvalue weighted by Crippen LogP contribution is -2.44. The van der Waals surface area contributed by atoms with Crippen LogP contribution in [0.1, 0.15) is 38.7 Å². The number of nitrogens with zero attached hydrogens (tertiary/aromatic N) is 5. The average Bonchev–Trinajstić information content (AvgIpc) is 3.57. The largest absolute Gasteiger partial charge is 0.508 e. The van der Waals surface area contributed by atoms with Gasteiger partial charge >= 0.3 is 6.01 Å². The quantitative estimate of drug-likeness (QED) is 0.254. The predicted molar refractivity (Wildman–Crippen MR) is 174 cm³/mol. The first-order valence-corrected chi connectivity index (χ1v) is 16.2. The molecule has 13 heteroatoms. The standard InChI is InChI=1S/C35H38F3N5O5/c1-3-24-27(37)6-5-21-9-22(45)10-25(28(21)24)30-29(38)31-26(13-39-30)32(42-15-23(16-44)47-18-34(2,46)17-42)41-33(40-31)48-19-35-7-4-8-43(35)14-20(11-35)12-36/h5-6,9-10,12-13,23,44-46H,3-4,7-8,11,14-19H2,1-2H3/b20-12-. The van der Waals surface area contributed by atoms with Gasteiger partial charge in [-0.3, -0.25) is 9.88 Å². The number of halogens is 3. The lowest BCUT2D eigenvalue weighted by molar-refractivity contribution is -0.0528. The molecule has 3 atom stereocenters. The molecule has 0 radical (unpaired) electrons. The van der Waals surface area contributed by atoms with Crippen molar-refractivity contribution >= 4 is 27.5 Å². The van der Waals surface area contributed by atoms with Gasteiger partial charge in [-0.1, -0.05) is 13.0 Å². The van der Waals surface area contributed by atoms with Gasteiger partial charge in [-0.05, 0) is 79.3 Å². The lowest BCUT2D eigenvalue weighted by atomic mass is 9.94. The third kappa shape index (κ3) is 5.72. The first kappa shape index (κ1) is 32.5. The molecule has 4 aromatic rings. The van der Waals surface area contributed by atoms with Crippen LogP contribution >= 0.6 is 0 Å². The van der Waals surface area contributed by atoms with Crippen LogP contribution in [0.2, 0.25) is 0 Å². The zero-order valence-corrected chi connectivity index (χ0v) is 26.8. The molecular formula is C35H38F3N5O5. The number of hydrogen-bond acceptors (Lipinski definition) is 10.